The van der Waals surface area contributed by atoms with Gasteiger partial charge >= 0.3 is 5.97 Å². The van der Waals surface area contributed by atoms with Crippen LogP contribution < -0.4 is 4.74 Å². The fourth-order valence-corrected chi connectivity index (χ4v) is 5.82. The smallest absolute Gasteiger partial charge is 0.307 e. The van der Waals surface area contributed by atoms with Crippen LogP contribution in [0.4, 0.5) is 0 Å². The summed E-state index contributed by atoms with van der Waals surface area (Å²) in [5, 5.41) is 0. The van der Waals surface area contributed by atoms with Crippen LogP contribution in [0, 0.1) is 16.2 Å². The number of ether oxygens (including phenoxy) is 18. The third kappa shape index (κ3) is 96.0. The molecule has 564 valence electrons. The number of carbonyl (C=O) groups is 1. The Kier molecular flexibility index (Phi) is 95.0. The van der Waals surface area contributed by atoms with Crippen LogP contribution >= 0.6 is 0 Å². The van der Waals surface area contributed by atoms with E-state index in [1.807, 2.05) is 44.2 Å². The van der Waals surface area contributed by atoms with E-state index in [0.717, 1.165) is 71.1 Å². The first kappa shape index (κ1) is 105. The highest BCUT2D eigenvalue weighted by atomic mass is 16.6. The largest absolute Gasteiger partial charge is 0.502 e. The summed E-state index contributed by atoms with van der Waals surface area (Å²) in [5.74, 6) is 0.498. The zero-order valence-corrected chi connectivity index (χ0v) is 62.0. The van der Waals surface area contributed by atoms with Crippen molar-refractivity contribution in [1.29, 1.82) is 0 Å². The number of hydrogen-bond acceptors (Lipinski definition) is 22. The van der Waals surface area contributed by atoms with Crippen LogP contribution in [-0.2, 0) is 85.3 Å². The Hall–Kier alpha value is -8.67. The number of esters is 1. The van der Waals surface area contributed by atoms with Gasteiger partial charge in [0.15, 0.2) is 0 Å². The second kappa shape index (κ2) is 88.3. The normalized spacial score (nSPS) is 9.52. The van der Waals surface area contributed by atoms with Crippen molar-refractivity contribution >= 4 is 5.97 Å². The van der Waals surface area contributed by atoms with E-state index >= 15 is 0 Å². The van der Waals surface area contributed by atoms with Gasteiger partial charge in [-0.25, -0.2) is 0 Å². The molecule has 22 heteroatoms. The number of benzene rings is 1. The third-order valence-corrected chi connectivity index (χ3v) is 10.8. The fourth-order valence-electron chi connectivity index (χ4n) is 5.82. The highest BCUT2D eigenvalue weighted by Gasteiger charge is 2.34. The highest BCUT2D eigenvalue weighted by molar-refractivity contribution is 5.66. The zero-order valence-electron chi connectivity index (χ0n) is 62.0. The van der Waals surface area contributed by atoms with Gasteiger partial charge in [0, 0.05) is 38.5 Å². The van der Waals surface area contributed by atoms with Gasteiger partial charge < -0.3 is 100.0 Å². The van der Waals surface area contributed by atoms with E-state index in [0.29, 0.717) is 99.1 Å². The molecule has 0 spiro atoms. The third-order valence-electron chi connectivity index (χ3n) is 10.8. The maximum Gasteiger partial charge on any atom is 0.307 e. The first-order valence-electron chi connectivity index (χ1n) is 31.6. The van der Waals surface area contributed by atoms with Gasteiger partial charge in [0.25, 0.3) is 0 Å². The summed E-state index contributed by atoms with van der Waals surface area (Å²) in [6, 6.07) is 9.52. The minimum absolute atomic E-state index is 0.0162. The van der Waals surface area contributed by atoms with E-state index in [-0.39, 0.29) is 16.8 Å². The number of hydrogen-bond donors (Lipinski definition) is 0. The molecule has 0 aliphatic carbocycles. The predicted molar refractivity (Wildman–Crippen MR) is 401 cm³/mol. The van der Waals surface area contributed by atoms with Crippen molar-refractivity contribution in [3.8, 4) is 5.75 Å². The topological polar surface area (TPSA) is 193 Å². The molecular formula is C76H131N3O19. The van der Waals surface area contributed by atoms with E-state index in [1.165, 1.54) is 101 Å². The van der Waals surface area contributed by atoms with E-state index in [4.69, 9.17) is 75.8 Å². The molecule has 1 rings (SSSR count). The van der Waals surface area contributed by atoms with Crippen LogP contribution in [0.25, 0.3) is 0 Å². The summed E-state index contributed by atoms with van der Waals surface area (Å²) in [7, 11) is 6.25. The van der Waals surface area contributed by atoms with Crippen molar-refractivity contribution in [2.75, 3.05) is 179 Å². The average Bonchev–Trinajstić information content (AvgIpc) is 0.972. The molecule has 0 aliphatic rings. The predicted octanol–water partition coefficient (Wildman–Crippen LogP) is 15.0. The molecule has 22 nitrogen and oxygen atoms in total. The van der Waals surface area contributed by atoms with Gasteiger partial charge in [-0.2, -0.15) is 0 Å². The molecule has 98 heavy (non-hydrogen) atoms. The Morgan fingerprint density at radius 2 is 0.714 bits per heavy atom. The quantitative estimate of drug-likeness (QED) is 0.0339. The monoisotopic (exact) mass is 1390 g/mol. The van der Waals surface area contributed by atoms with Gasteiger partial charge in [-0.15, -0.1) is 0 Å². The van der Waals surface area contributed by atoms with Gasteiger partial charge in [-0.1, -0.05) is 151 Å². The van der Waals surface area contributed by atoms with Gasteiger partial charge in [0.05, 0.1) is 178 Å². The molecule has 0 saturated heterocycles. The van der Waals surface area contributed by atoms with Crippen molar-refractivity contribution in [2.24, 2.45) is 16.2 Å². The number of carbonyl (C=O) groups excluding carboxylic acids is 1. The molecule has 0 atom stereocenters. The highest BCUT2D eigenvalue weighted by Crippen LogP contribution is 2.22. The lowest BCUT2D eigenvalue weighted by Gasteiger charge is -2.30. The lowest BCUT2D eigenvalue weighted by molar-refractivity contribution is -0.135. The van der Waals surface area contributed by atoms with Crippen molar-refractivity contribution in [3.63, 3.8) is 0 Å². The van der Waals surface area contributed by atoms with Crippen LogP contribution in [0.2, 0.25) is 0 Å². The van der Waals surface area contributed by atoms with Crippen LogP contribution in [0.3, 0.4) is 0 Å². The maximum absolute atomic E-state index is 9.75. The number of para-hydroxylation sites is 1. The van der Waals surface area contributed by atoms with Gasteiger partial charge in [-0.3, -0.25) is 4.79 Å². The molecule has 0 N–H and O–H groups in total. The van der Waals surface area contributed by atoms with Crippen molar-refractivity contribution in [2.45, 2.75) is 48.5 Å². The summed E-state index contributed by atoms with van der Waals surface area (Å²) in [4.78, 5) is 16.5. The Morgan fingerprint density at radius 3 is 1.00 bits per heavy atom. The van der Waals surface area contributed by atoms with Gasteiger partial charge in [0.2, 0.25) is 0 Å². The molecular weight excluding hydrogens is 1260 g/mol. The molecule has 0 unspecified atom stereocenters. The van der Waals surface area contributed by atoms with Crippen LogP contribution in [0.15, 0.2) is 236 Å². The van der Waals surface area contributed by atoms with E-state index in [1.54, 1.807) is 0 Å². The van der Waals surface area contributed by atoms with Crippen molar-refractivity contribution in [1.82, 2.24) is 14.7 Å². The Bertz CT molecular complexity index is 1920. The lowest BCUT2D eigenvalue weighted by Crippen LogP contribution is -2.40. The molecule has 0 heterocycles. The van der Waals surface area contributed by atoms with E-state index in [9.17, 15) is 4.79 Å². The summed E-state index contributed by atoms with van der Waals surface area (Å²) in [5.41, 5.74) is -0.677. The minimum atomic E-state index is -0.468. The lowest BCUT2D eigenvalue weighted by atomic mass is 9.92. The van der Waals surface area contributed by atoms with Crippen LogP contribution in [-0.4, -0.2) is 200 Å². The standard InChI is InChI=1S/C13H20O4.C11H18O3.C10H21NO2.C9H20N2O.C9H16O2.C8H14O3.C8H8O.C4H6O2.C4H8O/c1-5-14-9-13(10-15-6-2,11-16-7-3)12-17-8-4;1-5-12-8-11(4,9-13-6-2)10-14-7-3;1-4-11(5-2)7-8-13-10-9-12-6-3;1-5-12-9-8-11(4)7-6-10(2)3;1-5-10-7-9(3,4)8-11-6-2;1-3-9-5-7-11-8-6-10-4-2;1-2-9-8-6-4-3-5-7-8;1-3-6-4(2)5;1-3-5-4-2/h5-8H,1-4,9-12H2;5-7H,1-3,8-10H2,4H3;6H,3-5,7-10H2,1-2H3;5H,1,6-9H2,2-4H3;5-6H,1-2,7-8H2,3-4H3;3-4H,1-2,5-8H2;2-7H,1H2;3H,1H2,2H3;3H,1,4H2,2H3. The fraction of sp³-hybridized carbons (Fsp3) is 0.487. The Morgan fingerprint density at radius 1 is 0.378 bits per heavy atom. The van der Waals surface area contributed by atoms with Crippen LogP contribution in [0.5, 0.6) is 5.75 Å². The Balaban J connectivity index is -0.000000157. The minimum Gasteiger partial charge on any atom is -0.502 e. The molecule has 0 bridgehead atoms. The van der Waals surface area contributed by atoms with Gasteiger partial charge in [-0.05, 0) is 60.2 Å². The summed E-state index contributed by atoms with van der Waals surface area (Å²) < 4.78 is 90.1. The van der Waals surface area contributed by atoms with E-state index in [2.05, 4.69) is 178 Å². The van der Waals surface area contributed by atoms with Crippen molar-refractivity contribution in [3.05, 3.63) is 236 Å². The molecule has 0 aliphatic heterocycles. The first-order valence-corrected chi connectivity index (χ1v) is 31.6. The summed E-state index contributed by atoms with van der Waals surface area (Å²) in [6.45, 7) is 84.7. The SMILES string of the molecule is C=COC(C)=O.C=COCC.C=COCC(C)(C)COC=C.C=COCC(C)(COC=C)COC=C.C=COCC(COC=C)(COC=C)COC=C.C=COCCN(C)CCN(C)C.C=COCCOCCN(CC)CC.C=COCCOCCOC=C.C=COc1ccccc1. The molecule has 0 aromatic heterocycles. The zero-order chi connectivity index (χ0) is 75.9. The molecule has 0 fully saturated rings. The average molecular weight is 1390 g/mol. The molecule has 0 radical (unpaired) electrons. The molecule has 1 aromatic rings. The van der Waals surface area contributed by atoms with Crippen molar-refractivity contribution < 1.29 is 90.1 Å². The molecule has 1 aromatic carbocycles. The number of rotatable bonds is 56. The molecule has 0 saturated carbocycles. The second-order valence-corrected chi connectivity index (χ2v) is 20.3. The molecule has 0 amide bonds. The number of likely N-dealkylation sites (N-methyl/N-ethyl adjacent to an activating group) is 3. The first-order chi connectivity index (χ1) is 47.1. The van der Waals surface area contributed by atoms with Gasteiger partial charge in [0.1, 0.15) is 57.4 Å². The number of nitrogens with zero attached hydrogens (tertiary/aromatic N) is 3. The second-order valence-electron chi connectivity index (χ2n) is 20.3. The van der Waals surface area contributed by atoms with E-state index < -0.39 is 5.41 Å². The summed E-state index contributed by atoms with van der Waals surface area (Å²) in [6.07, 6.45) is 22.2. The van der Waals surface area contributed by atoms with Crippen LogP contribution in [0.1, 0.15) is 48.5 Å². The Labute approximate surface area is 593 Å². The maximum atomic E-state index is 9.75. The summed E-state index contributed by atoms with van der Waals surface area (Å²) >= 11 is 0.